The zero-order chi connectivity index (χ0) is 21.9. The molecule has 1 saturated heterocycles. The van der Waals surface area contributed by atoms with Crippen molar-refractivity contribution in [2.45, 2.75) is 63.7 Å². The summed E-state index contributed by atoms with van der Waals surface area (Å²) in [7, 11) is -5.95. The number of ether oxygens (including phenoxy) is 4. The molecule has 1 fully saturated rings. The van der Waals surface area contributed by atoms with Crippen LogP contribution in [0, 0.1) is 0 Å². The summed E-state index contributed by atoms with van der Waals surface area (Å²) in [6, 6.07) is 0. The van der Waals surface area contributed by atoms with Crippen molar-refractivity contribution in [1.82, 2.24) is 0 Å². The molecule has 28 heavy (non-hydrogen) atoms. The molecule has 0 aromatic carbocycles. The Morgan fingerprint density at radius 1 is 0.893 bits per heavy atom. The third kappa shape index (κ3) is 6.31. The van der Waals surface area contributed by atoms with E-state index in [2.05, 4.69) is 4.18 Å². The summed E-state index contributed by atoms with van der Waals surface area (Å²) in [6.07, 6.45) is -7.00. The summed E-state index contributed by atoms with van der Waals surface area (Å²) in [4.78, 5) is 34.1. The van der Waals surface area contributed by atoms with Crippen molar-refractivity contribution in [3.8, 4) is 0 Å². The summed E-state index contributed by atoms with van der Waals surface area (Å²) in [5.41, 5.74) is -5.68. The third-order valence-electron chi connectivity index (χ3n) is 3.44. The predicted molar refractivity (Wildman–Crippen MR) is 81.9 cm³/mol. The van der Waals surface area contributed by atoms with E-state index >= 15 is 0 Å². The number of carbonyl (C=O) groups excluding carboxylic acids is 3. The van der Waals surface area contributed by atoms with Gasteiger partial charge in [-0.3, -0.25) is 18.6 Å². The molecule has 0 N–H and O–H groups in total. The molecule has 14 heteroatoms. The standard InChI is InChI=1S/C14H19F3O10S/c1-6-11(25-7(2)18)13(27-9(4)20)12(26-8(3)19)10(24-6)5-23-28(21,22)14(15,16)17/h6,10-13H,5H2,1-4H3/t6?,10?,11-,12+,13?/m1/s1. The van der Waals surface area contributed by atoms with Gasteiger partial charge in [-0.15, -0.1) is 0 Å². The molecule has 162 valence electrons. The van der Waals surface area contributed by atoms with Crippen molar-refractivity contribution >= 4 is 28.0 Å². The fraction of sp³-hybridized carbons (Fsp3) is 0.786. The lowest BCUT2D eigenvalue weighted by atomic mass is 9.95. The molecule has 0 aromatic heterocycles. The molecular weight excluding hydrogens is 417 g/mol. The molecule has 0 amide bonds. The molecule has 3 unspecified atom stereocenters. The summed E-state index contributed by atoms with van der Waals surface area (Å²) >= 11 is 0. The first kappa shape index (κ1) is 24.1. The normalized spacial score (nSPS) is 28.3. The molecule has 5 atom stereocenters. The van der Waals surface area contributed by atoms with Crippen LogP contribution in [0.4, 0.5) is 13.2 Å². The van der Waals surface area contributed by atoms with Crippen LogP contribution in [0.1, 0.15) is 27.7 Å². The first-order valence-corrected chi connectivity index (χ1v) is 9.19. The quantitative estimate of drug-likeness (QED) is 0.250. The van der Waals surface area contributed by atoms with Gasteiger partial charge in [0, 0.05) is 20.8 Å². The maximum atomic E-state index is 12.5. The average molecular weight is 436 g/mol. The van der Waals surface area contributed by atoms with Crippen LogP contribution in [0.25, 0.3) is 0 Å². The molecule has 10 nitrogen and oxygen atoms in total. The lowest BCUT2D eigenvalue weighted by Crippen LogP contribution is -2.61. The molecule has 0 aliphatic carbocycles. The van der Waals surface area contributed by atoms with Gasteiger partial charge in [0.05, 0.1) is 12.7 Å². The minimum atomic E-state index is -5.95. The van der Waals surface area contributed by atoms with Crippen molar-refractivity contribution in [3.63, 3.8) is 0 Å². The van der Waals surface area contributed by atoms with Crippen LogP contribution in [0.2, 0.25) is 0 Å². The van der Waals surface area contributed by atoms with E-state index in [0.717, 1.165) is 20.8 Å². The van der Waals surface area contributed by atoms with Crippen molar-refractivity contribution in [2.24, 2.45) is 0 Å². The Morgan fingerprint density at radius 2 is 1.32 bits per heavy atom. The van der Waals surface area contributed by atoms with Crippen LogP contribution in [-0.4, -0.2) is 69.0 Å². The van der Waals surface area contributed by atoms with E-state index in [4.69, 9.17) is 18.9 Å². The van der Waals surface area contributed by atoms with Crippen molar-refractivity contribution in [3.05, 3.63) is 0 Å². The Labute approximate surface area is 158 Å². The maximum absolute atomic E-state index is 12.5. The van der Waals surface area contributed by atoms with Crippen LogP contribution in [0.5, 0.6) is 0 Å². The topological polar surface area (TPSA) is 132 Å². The number of rotatable bonds is 6. The average Bonchev–Trinajstić information content (AvgIpc) is 2.49. The van der Waals surface area contributed by atoms with Crippen molar-refractivity contribution < 1.29 is 59.1 Å². The van der Waals surface area contributed by atoms with Crippen LogP contribution in [0.15, 0.2) is 0 Å². The first-order valence-electron chi connectivity index (χ1n) is 7.78. The van der Waals surface area contributed by atoms with E-state index in [0.29, 0.717) is 0 Å². The Kier molecular flexibility index (Phi) is 7.79. The second-order valence-corrected chi connectivity index (χ2v) is 7.39. The van der Waals surface area contributed by atoms with Gasteiger partial charge < -0.3 is 18.9 Å². The second kappa shape index (κ2) is 9.05. The summed E-state index contributed by atoms with van der Waals surface area (Å²) in [5.74, 6) is -2.62. The number of carbonyl (C=O) groups is 3. The van der Waals surface area contributed by atoms with E-state index in [-0.39, 0.29) is 0 Å². The van der Waals surface area contributed by atoms with Gasteiger partial charge in [0.1, 0.15) is 6.10 Å². The van der Waals surface area contributed by atoms with Crippen molar-refractivity contribution in [1.29, 1.82) is 0 Å². The highest BCUT2D eigenvalue weighted by atomic mass is 32.2. The summed E-state index contributed by atoms with van der Waals surface area (Å²) in [5, 5.41) is 0. The lowest BCUT2D eigenvalue weighted by Gasteiger charge is -2.43. The molecule has 1 heterocycles. The van der Waals surface area contributed by atoms with Crippen LogP contribution < -0.4 is 0 Å². The highest BCUT2D eigenvalue weighted by Crippen LogP contribution is 2.31. The van der Waals surface area contributed by atoms with E-state index in [1.54, 1.807) is 0 Å². The van der Waals surface area contributed by atoms with E-state index < -0.39 is 70.7 Å². The fourth-order valence-electron chi connectivity index (χ4n) is 2.47. The highest BCUT2D eigenvalue weighted by molar-refractivity contribution is 7.87. The molecule has 0 radical (unpaired) electrons. The Hall–Kier alpha value is -1.93. The van der Waals surface area contributed by atoms with Gasteiger partial charge in [0.2, 0.25) is 0 Å². The molecule has 1 rings (SSSR count). The molecule has 0 saturated carbocycles. The number of halogens is 3. The van der Waals surface area contributed by atoms with Crippen molar-refractivity contribution in [2.75, 3.05) is 6.61 Å². The van der Waals surface area contributed by atoms with Crippen LogP contribution >= 0.6 is 0 Å². The molecule has 1 aliphatic heterocycles. The Bertz CT molecular complexity index is 705. The molecular formula is C14H19F3O10S. The highest BCUT2D eigenvalue weighted by Gasteiger charge is 2.52. The number of hydrogen-bond donors (Lipinski definition) is 0. The predicted octanol–water partition coefficient (Wildman–Crippen LogP) is 0.435. The van der Waals surface area contributed by atoms with Gasteiger partial charge in [0.15, 0.2) is 18.3 Å². The lowest BCUT2D eigenvalue weighted by molar-refractivity contribution is -0.247. The molecule has 1 aliphatic rings. The molecule has 0 bridgehead atoms. The fourth-order valence-corrected chi connectivity index (χ4v) is 2.92. The smallest absolute Gasteiger partial charge is 0.456 e. The first-order chi connectivity index (χ1) is 12.7. The minimum absolute atomic E-state index is 0.798. The van der Waals surface area contributed by atoms with Gasteiger partial charge in [-0.25, -0.2) is 0 Å². The minimum Gasteiger partial charge on any atom is -0.456 e. The molecule has 0 spiro atoms. The number of hydrogen-bond acceptors (Lipinski definition) is 10. The van der Waals surface area contributed by atoms with Gasteiger partial charge in [-0.05, 0) is 6.92 Å². The Balaban J connectivity index is 3.19. The molecule has 0 aromatic rings. The number of esters is 3. The largest absolute Gasteiger partial charge is 0.523 e. The van der Waals surface area contributed by atoms with E-state index in [9.17, 15) is 36.0 Å². The summed E-state index contributed by atoms with van der Waals surface area (Å²) < 4.78 is 83.8. The van der Waals surface area contributed by atoms with Crippen LogP contribution in [-0.2, 0) is 47.6 Å². The van der Waals surface area contributed by atoms with Gasteiger partial charge in [-0.2, -0.15) is 21.6 Å². The van der Waals surface area contributed by atoms with E-state index in [1.807, 2.05) is 0 Å². The van der Waals surface area contributed by atoms with E-state index in [1.165, 1.54) is 6.92 Å². The van der Waals surface area contributed by atoms with Gasteiger partial charge in [0.25, 0.3) is 0 Å². The maximum Gasteiger partial charge on any atom is 0.523 e. The van der Waals surface area contributed by atoms with Gasteiger partial charge >= 0.3 is 33.5 Å². The zero-order valence-electron chi connectivity index (χ0n) is 15.2. The SMILES string of the molecule is CC(=O)OC1[C@H](OC(C)=O)C(C)OC(COS(=O)(=O)C(F)(F)F)[C@@H]1OC(C)=O. The zero-order valence-corrected chi connectivity index (χ0v) is 16.0. The Morgan fingerprint density at radius 3 is 1.75 bits per heavy atom. The van der Waals surface area contributed by atoms with Gasteiger partial charge in [-0.1, -0.05) is 0 Å². The third-order valence-corrected chi connectivity index (χ3v) is 4.46. The monoisotopic (exact) mass is 436 g/mol. The second-order valence-electron chi connectivity index (χ2n) is 5.79. The number of alkyl halides is 3. The summed E-state index contributed by atoms with van der Waals surface area (Å²) in [6.45, 7) is 3.13. The van der Waals surface area contributed by atoms with Crippen LogP contribution in [0.3, 0.4) is 0 Å².